The molecule has 3 aromatic carbocycles. The van der Waals surface area contributed by atoms with E-state index >= 15 is 0 Å². The van der Waals surface area contributed by atoms with Crippen molar-refractivity contribution in [1.29, 1.82) is 0 Å². The van der Waals surface area contributed by atoms with Crippen LogP contribution in [0.3, 0.4) is 0 Å². The molecule has 0 aromatic heterocycles. The number of alkyl halides is 1. The number of aliphatic hydroxyl groups is 2. The fraction of sp³-hybridized carbons (Fsp3) is 0.167. The molecular formula is C24H21FO2. The summed E-state index contributed by atoms with van der Waals surface area (Å²) in [6, 6.07) is 27.9. The summed E-state index contributed by atoms with van der Waals surface area (Å²) in [5, 5.41) is 23.0. The minimum absolute atomic E-state index is 0.565. The fourth-order valence-electron chi connectivity index (χ4n) is 4.13. The third-order valence-corrected chi connectivity index (χ3v) is 5.39. The normalized spacial score (nSPS) is 25.0. The third kappa shape index (κ3) is 2.80. The van der Waals surface area contributed by atoms with Gasteiger partial charge < -0.3 is 10.2 Å². The molecule has 3 aromatic rings. The summed E-state index contributed by atoms with van der Waals surface area (Å²) in [5.74, 6) is -0.981. The van der Waals surface area contributed by atoms with Crippen molar-refractivity contribution in [2.75, 3.05) is 6.67 Å². The van der Waals surface area contributed by atoms with Crippen molar-refractivity contribution in [2.45, 2.75) is 11.7 Å². The highest BCUT2D eigenvalue weighted by Crippen LogP contribution is 2.55. The molecule has 0 bridgehead atoms. The zero-order valence-electron chi connectivity index (χ0n) is 14.8. The van der Waals surface area contributed by atoms with Gasteiger partial charge in [0, 0.05) is 5.57 Å². The molecule has 0 amide bonds. The Morgan fingerprint density at radius 3 is 1.74 bits per heavy atom. The second kappa shape index (κ2) is 7.10. The molecule has 27 heavy (non-hydrogen) atoms. The fourth-order valence-corrected chi connectivity index (χ4v) is 4.13. The van der Waals surface area contributed by atoms with E-state index in [4.69, 9.17) is 0 Å². The lowest BCUT2D eigenvalue weighted by atomic mass is 9.77. The van der Waals surface area contributed by atoms with Crippen molar-refractivity contribution in [1.82, 2.24) is 0 Å². The van der Waals surface area contributed by atoms with E-state index in [1.165, 1.54) is 0 Å². The van der Waals surface area contributed by atoms with Gasteiger partial charge in [0.25, 0.3) is 0 Å². The Balaban J connectivity index is 2.05. The Labute approximate surface area is 158 Å². The zero-order valence-corrected chi connectivity index (χ0v) is 14.8. The van der Waals surface area contributed by atoms with Crippen molar-refractivity contribution in [3.63, 3.8) is 0 Å². The summed E-state index contributed by atoms with van der Waals surface area (Å²) in [6.45, 7) is -0.834. The zero-order chi connectivity index (χ0) is 18.9. The van der Waals surface area contributed by atoms with E-state index in [0.717, 1.165) is 11.1 Å². The van der Waals surface area contributed by atoms with Crippen molar-refractivity contribution >= 4 is 11.1 Å². The maximum absolute atomic E-state index is 14.2. The first-order valence-corrected chi connectivity index (χ1v) is 9.05. The summed E-state index contributed by atoms with van der Waals surface area (Å²) in [7, 11) is 0. The van der Waals surface area contributed by atoms with Crippen LogP contribution in [0.4, 0.5) is 4.39 Å². The minimum atomic E-state index is -1.62. The summed E-state index contributed by atoms with van der Waals surface area (Å²) in [4.78, 5) is 0. The van der Waals surface area contributed by atoms with Gasteiger partial charge in [0.15, 0.2) is 0 Å². The first-order valence-electron chi connectivity index (χ1n) is 9.05. The molecular weight excluding hydrogens is 339 g/mol. The number of aliphatic hydroxyl groups excluding tert-OH is 1. The van der Waals surface area contributed by atoms with Crippen LogP contribution in [0.25, 0.3) is 11.1 Å². The van der Waals surface area contributed by atoms with Crippen molar-refractivity contribution < 1.29 is 14.6 Å². The van der Waals surface area contributed by atoms with Gasteiger partial charge in [-0.1, -0.05) is 91.0 Å². The average molecular weight is 360 g/mol. The van der Waals surface area contributed by atoms with Crippen molar-refractivity contribution in [3.8, 4) is 0 Å². The molecule has 0 radical (unpaired) electrons. The summed E-state index contributed by atoms with van der Waals surface area (Å²) < 4.78 is 14.2. The van der Waals surface area contributed by atoms with Gasteiger partial charge in [-0.05, 0) is 22.3 Å². The number of halogens is 1. The molecule has 0 heterocycles. The van der Waals surface area contributed by atoms with E-state index in [9.17, 15) is 14.6 Å². The van der Waals surface area contributed by atoms with Crippen LogP contribution in [0.2, 0.25) is 0 Å². The van der Waals surface area contributed by atoms with Gasteiger partial charge in [-0.15, -0.1) is 0 Å². The molecule has 1 aliphatic rings. The van der Waals surface area contributed by atoms with Gasteiger partial charge in [-0.2, -0.15) is 0 Å². The number of benzene rings is 3. The summed E-state index contributed by atoms with van der Waals surface area (Å²) in [6.07, 6.45) is -1.11. The lowest BCUT2D eigenvalue weighted by molar-refractivity contribution is -0.0131. The van der Waals surface area contributed by atoms with E-state index in [1.807, 2.05) is 78.9 Å². The van der Waals surface area contributed by atoms with Gasteiger partial charge in [0.1, 0.15) is 5.60 Å². The number of hydrogen-bond acceptors (Lipinski definition) is 2. The summed E-state index contributed by atoms with van der Waals surface area (Å²) >= 11 is 0. The van der Waals surface area contributed by atoms with Gasteiger partial charge >= 0.3 is 0 Å². The highest BCUT2D eigenvalue weighted by atomic mass is 19.1. The first-order chi connectivity index (χ1) is 13.2. The monoisotopic (exact) mass is 360 g/mol. The van der Waals surface area contributed by atoms with Crippen LogP contribution in [-0.2, 0) is 5.60 Å². The Kier molecular flexibility index (Phi) is 4.65. The smallest absolute Gasteiger partial charge is 0.124 e. The molecule has 0 saturated heterocycles. The van der Waals surface area contributed by atoms with E-state index in [2.05, 4.69) is 0 Å². The van der Waals surface area contributed by atoms with Crippen LogP contribution in [0.1, 0.15) is 16.7 Å². The molecule has 136 valence electrons. The van der Waals surface area contributed by atoms with Crippen LogP contribution in [0, 0.1) is 5.92 Å². The molecule has 3 heteroatoms. The molecule has 2 N–H and O–H groups in total. The van der Waals surface area contributed by atoms with E-state index in [0.29, 0.717) is 16.7 Å². The van der Waals surface area contributed by atoms with E-state index in [-0.39, 0.29) is 0 Å². The van der Waals surface area contributed by atoms with Gasteiger partial charge in [-0.25, -0.2) is 0 Å². The number of hydrogen-bond donors (Lipinski definition) is 2. The molecule has 4 rings (SSSR count). The second-order valence-electron chi connectivity index (χ2n) is 6.86. The first kappa shape index (κ1) is 17.7. The van der Waals surface area contributed by atoms with Crippen LogP contribution in [-0.4, -0.2) is 23.0 Å². The lowest BCUT2D eigenvalue weighted by Gasteiger charge is -2.33. The Morgan fingerprint density at radius 2 is 1.22 bits per heavy atom. The van der Waals surface area contributed by atoms with Crippen LogP contribution >= 0.6 is 0 Å². The predicted molar refractivity (Wildman–Crippen MR) is 106 cm³/mol. The van der Waals surface area contributed by atoms with Gasteiger partial charge in [0.05, 0.1) is 18.7 Å². The quantitative estimate of drug-likeness (QED) is 0.722. The molecule has 2 nitrogen and oxygen atoms in total. The van der Waals surface area contributed by atoms with E-state index < -0.39 is 24.3 Å². The largest absolute Gasteiger partial charge is 0.388 e. The highest BCUT2D eigenvalue weighted by Gasteiger charge is 2.54. The second-order valence-corrected chi connectivity index (χ2v) is 6.86. The van der Waals surface area contributed by atoms with Crippen LogP contribution < -0.4 is 0 Å². The van der Waals surface area contributed by atoms with Crippen LogP contribution in [0.15, 0.2) is 91.0 Å². The van der Waals surface area contributed by atoms with Crippen molar-refractivity contribution in [2.24, 2.45) is 5.92 Å². The Hall–Kier alpha value is -2.75. The molecule has 0 saturated carbocycles. The average Bonchev–Trinajstić information content (AvgIpc) is 2.97. The maximum Gasteiger partial charge on any atom is 0.124 e. The molecule has 3 atom stereocenters. The molecule has 0 fully saturated rings. The predicted octanol–water partition coefficient (Wildman–Crippen LogP) is 4.45. The summed E-state index contributed by atoms with van der Waals surface area (Å²) in [5.41, 5.74) is 1.66. The SMILES string of the molecule is OC1C(c2ccccc2)=C(c2ccccc2)C(O)(c2ccccc2)C1CF. The number of rotatable bonds is 4. The van der Waals surface area contributed by atoms with E-state index in [1.54, 1.807) is 12.1 Å². The highest BCUT2D eigenvalue weighted by molar-refractivity contribution is 5.99. The Bertz CT molecular complexity index is 938. The van der Waals surface area contributed by atoms with Crippen LogP contribution in [0.5, 0.6) is 0 Å². The minimum Gasteiger partial charge on any atom is -0.388 e. The van der Waals surface area contributed by atoms with Gasteiger partial charge in [0.2, 0.25) is 0 Å². The third-order valence-electron chi connectivity index (χ3n) is 5.39. The molecule has 0 aliphatic heterocycles. The maximum atomic E-state index is 14.2. The molecule has 1 aliphatic carbocycles. The molecule has 0 spiro atoms. The molecule has 3 unspecified atom stereocenters. The lowest BCUT2D eigenvalue weighted by Crippen LogP contribution is -2.38. The Morgan fingerprint density at radius 1 is 0.741 bits per heavy atom. The topological polar surface area (TPSA) is 40.5 Å². The van der Waals surface area contributed by atoms with Gasteiger partial charge in [-0.3, -0.25) is 4.39 Å². The van der Waals surface area contributed by atoms with Crippen molar-refractivity contribution in [3.05, 3.63) is 108 Å². The standard InChI is InChI=1S/C24H21FO2/c25-16-20-23(26)21(17-10-4-1-5-11-17)22(18-12-6-2-7-13-18)24(20,27)19-14-8-3-9-15-19/h1-15,20,23,26-27H,16H2.